The van der Waals surface area contributed by atoms with Gasteiger partial charge < -0.3 is 9.64 Å². The van der Waals surface area contributed by atoms with Crippen LogP contribution in [0.5, 0.6) is 0 Å². The van der Waals surface area contributed by atoms with Gasteiger partial charge in [-0.3, -0.25) is 4.79 Å². The molecule has 0 bridgehead atoms. The third-order valence-electron chi connectivity index (χ3n) is 4.10. The fourth-order valence-electron chi connectivity index (χ4n) is 1.59. The van der Waals surface area contributed by atoms with Crippen molar-refractivity contribution in [3.63, 3.8) is 0 Å². The van der Waals surface area contributed by atoms with Crippen molar-refractivity contribution in [2.24, 2.45) is 10.8 Å². The number of hydrogen-bond acceptors (Lipinski definition) is 3. The van der Waals surface area contributed by atoms with Gasteiger partial charge in [0.25, 0.3) is 6.47 Å². The molecule has 0 aliphatic heterocycles. The van der Waals surface area contributed by atoms with Gasteiger partial charge in [-0.2, -0.15) is 0 Å². The Labute approximate surface area is 114 Å². The fourth-order valence-corrected chi connectivity index (χ4v) is 1.59. The smallest absolute Gasteiger partial charge is 0.293 e. The molecular weight excluding hydrogens is 226 g/mol. The molecule has 0 N–H and O–H groups in total. The van der Waals surface area contributed by atoms with Crippen molar-refractivity contribution >= 4 is 6.47 Å². The second-order valence-corrected chi connectivity index (χ2v) is 6.29. The Kier molecular flexibility index (Phi) is 10.3. The van der Waals surface area contributed by atoms with Gasteiger partial charge in [0, 0.05) is 6.54 Å². The maximum Gasteiger partial charge on any atom is 0.293 e. The summed E-state index contributed by atoms with van der Waals surface area (Å²) < 4.78 is 4.42. The first-order valence-corrected chi connectivity index (χ1v) is 6.84. The second-order valence-electron chi connectivity index (χ2n) is 6.29. The van der Waals surface area contributed by atoms with Gasteiger partial charge in [0.1, 0.15) is 6.61 Å². The highest BCUT2D eigenvalue weighted by Crippen LogP contribution is 2.43. The quantitative estimate of drug-likeness (QED) is 0.539. The molecule has 110 valence electrons. The molecule has 0 aliphatic rings. The molecule has 0 fully saturated rings. The third-order valence-corrected chi connectivity index (χ3v) is 4.10. The lowest BCUT2D eigenvalue weighted by molar-refractivity contribution is -0.128. The van der Waals surface area contributed by atoms with Crippen molar-refractivity contribution in [1.82, 2.24) is 4.90 Å². The van der Waals surface area contributed by atoms with Crippen molar-refractivity contribution in [2.45, 2.75) is 54.4 Å². The Bertz CT molecular complexity index is 203. The Morgan fingerprint density at radius 2 is 1.50 bits per heavy atom. The van der Waals surface area contributed by atoms with E-state index in [0.29, 0.717) is 23.9 Å². The topological polar surface area (TPSA) is 29.5 Å². The van der Waals surface area contributed by atoms with Crippen LogP contribution >= 0.6 is 0 Å². The monoisotopic (exact) mass is 259 g/mol. The first kappa shape index (κ1) is 19.8. The van der Waals surface area contributed by atoms with Crippen molar-refractivity contribution in [3.05, 3.63) is 0 Å². The van der Waals surface area contributed by atoms with Crippen LogP contribution in [0.1, 0.15) is 54.4 Å². The molecule has 0 aliphatic carbocycles. The van der Waals surface area contributed by atoms with Crippen LogP contribution in [0.15, 0.2) is 0 Å². The van der Waals surface area contributed by atoms with Gasteiger partial charge in [-0.25, -0.2) is 0 Å². The van der Waals surface area contributed by atoms with Gasteiger partial charge in [0.15, 0.2) is 0 Å². The van der Waals surface area contributed by atoms with E-state index in [1.165, 1.54) is 12.8 Å². The van der Waals surface area contributed by atoms with Crippen LogP contribution < -0.4 is 0 Å². The first-order chi connectivity index (χ1) is 8.14. The summed E-state index contributed by atoms with van der Waals surface area (Å²) in [7, 11) is 3.85. The van der Waals surface area contributed by atoms with Crippen molar-refractivity contribution < 1.29 is 9.53 Å². The van der Waals surface area contributed by atoms with Gasteiger partial charge in [-0.15, -0.1) is 0 Å². The summed E-state index contributed by atoms with van der Waals surface area (Å²) in [6, 6.07) is 0. The molecule has 0 atom stereocenters. The van der Waals surface area contributed by atoms with E-state index >= 15 is 0 Å². The number of likely N-dealkylation sites (N-methyl/N-ethyl adjacent to an activating group) is 1. The lowest BCUT2D eigenvalue weighted by Crippen LogP contribution is -2.31. The van der Waals surface area contributed by atoms with E-state index in [2.05, 4.69) is 46.3 Å². The molecule has 0 heterocycles. The average molecular weight is 259 g/mol. The summed E-state index contributed by atoms with van der Waals surface area (Å²) in [5.74, 6) is 0. The summed E-state index contributed by atoms with van der Waals surface area (Å²) in [4.78, 5) is 11.5. The number of carbonyl (C=O) groups excluding carboxylic acids is 1. The molecule has 0 saturated carbocycles. The first-order valence-electron chi connectivity index (χ1n) is 6.84. The molecule has 3 nitrogen and oxygen atoms in total. The van der Waals surface area contributed by atoms with E-state index in [1.54, 1.807) is 0 Å². The summed E-state index contributed by atoms with van der Waals surface area (Å²) in [5, 5.41) is 0. The largest absolute Gasteiger partial charge is 0.467 e. The van der Waals surface area contributed by atoms with Gasteiger partial charge in [-0.1, -0.05) is 54.4 Å². The van der Waals surface area contributed by atoms with Crippen molar-refractivity contribution in [1.29, 1.82) is 0 Å². The second kappa shape index (κ2) is 9.37. The highest BCUT2D eigenvalue weighted by molar-refractivity contribution is 5.36. The van der Waals surface area contributed by atoms with Crippen LogP contribution in [0.4, 0.5) is 0 Å². The molecule has 0 aromatic heterocycles. The zero-order valence-electron chi connectivity index (χ0n) is 13.7. The van der Waals surface area contributed by atoms with Crippen LogP contribution in [0.2, 0.25) is 0 Å². The van der Waals surface area contributed by atoms with Gasteiger partial charge in [-0.05, 0) is 24.9 Å². The summed E-state index contributed by atoms with van der Waals surface area (Å²) in [6.07, 6.45) is 2.57. The molecule has 0 unspecified atom stereocenters. The molecule has 0 amide bonds. The molecule has 0 rings (SSSR count). The number of carbonyl (C=O) groups is 1. The number of rotatable bonds is 6. The van der Waals surface area contributed by atoms with E-state index in [-0.39, 0.29) is 0 Å². The van der Waals surface area contributed by atoms with E-state index < -0.39 is 0 Å². The number of nitrogens with zero attached hydrogens (tertiary/aromatic N) is 1. The van der Waals surface area contributed by atoms with Crippen LogP contribution in [0.25, 0.3) is 0 Å². The fraction of sp³-hybridized carbons (Fsp3) is 0.933. The highest BCUT2D eigenvalue weighted by Gasteiger charge is 2.33. The maximum atomic E-state index is 9.55. The Balaban J connectivity index is 0. The van der Waals surface area contributed by atoms with Crippen LogP contribution in [-0.4, -0.2) is 38.6 Å². The Morgan fingerprint density at radius 1 is 1.06 bits per heavy atom. The highest BCUT2D eigenvalue weighted by atomic mass is 16.5. The predicted octanol–water partition coefficient (Wildman–Crippen LogP) is 3.58. The minimum absolute atomic E-state index is 0.455. The normalized spacial score (nSPS) is 11.8. The Hall–Kier alpha value is -0.570. The summed E-state index contributed by atoms with van der Waals surface area (Å²) >= 11 is 0. The van der Waals surface area contributed by atoms with E-state index in [9.17, 15) is 4.79 Å². The molecule has 0 aromatic carbocycles. The summed E-state index contributed by atoms with van der Waals surface area (Å²) in [5.41, 5.74) is 0.976. The molecule has 0 spiro atoms. The molecule has 3 heteroatoms. The van der Waals surface area contributed by atoms with Crippen molar-refractivity contribution in [2.75, 3.05) is 27.2 Å². The van der Waals surface area contributed by atoms with Crippen LogP contribution in [0, 0.1) is 10.8 Å². The van der Waals surface area contributed by atoms with E-state index in [1.807, 2.05) is 19.0 Å². The zero-order chi connectivity index (χ0) is 14.8. The minimum atomic E-state index is 0.455. The molecule has 0 saturated heterocycles. The van der Waals surface area contributed by atoms with Crippen molar-refractivity contribution in [3.8, 4) is 0 Å². The standard InChI is InChI=1S/C10H22.C5H11NO2/c1-7-10(6,8-2)9(3,4)5;1-6(2)3-4-8-5-7/h7-8H2,1-6H3;5H,3-4H2,1-2H3. The minimum Gasteiger partial charge on any atom is -0.467 e. The number of hydrogen-bond donors (Lipinski definition) is 0. The lowest BCUT2D eigenvalue weighted by Gasteiger charge is -2.40. The van der Waals surface area contributed by atoms with Crippen LogP contribution in [-0.2, 0) is 9.53 Å². The molecule has 0 aromatic rings. The van der Waals surface area contributed by atoms with Crippen LogP contribution in [0.3, 0.4) is 0 Å². The zero-order valence-corrected chi connectivity index (χ0v) is 13.7. The molecular formula is C15H33NO2. The average Bonchev–Trinajstić information content (AvgIpc) is 2.27. The van der Waals surface area contributed by atoms with Gasteiger partial charge in [0.2, 0.25) is 0 Å². The van der Waals surface area contributed by atoms with Gasteiger partial charge >= 0.3 is 0 Å². The SMILES string of the molecule is CCC(C)(CC)C(C)(C)C.CN(C)CCOC=O. The van der Waals surface area contributed by atoms with Gasteiger partial charge in [0.05, 0.1) is 0 Å². The molecule has 18 heavy (non-hydrogen) atoms. The van der Waals surface area contributed by atoms with E-state index in [4.69, 9.17) is 0 Å². The lowest BCUT2D eigenvalue weighted by atomic mass is 9.65. The Morgan fingerprint density at radius 3 is 1.67 bits per heavy atom. The number of ether oxygens (including phenoxy) is 1. The molecule has 0 radical (unpaired) electrons. The maximum absolute atomic E-state index is 9.55. The predicted molar refractivity (Wildman–Crippen MR) is 78.7 cm³/mol. The van der Waals surface area contributed by atoms with E-state index in [0.717, 1.165) is 6.54 Å². The summed E-state index contributed by atoms with van der Waals surface area (Å²) in [6.45, 7) is 15.7. The third kappa shape index (κ3) is 8.51.